The van der Waals surface area contributed by atoms with Gasteiger partial charge in [0.15, 0.2) is 5.54 Å². The van der Waals surface area contributed by atoms with Gasteiger partial charge in [-0.2, -0.15) is 0 Å². The minimum atomic E-state index is -1.53. The molecule has 0 spiro atoms. The number of ether oxygens (including phenoxy) is 3. The van der Waals surface area contributed by atoms with Gasteiger partial charge in [0.2, 0.25) is 0 Å². The molecule has 152 valence electrons. The van der Waals surface area contributed by atoms with Gasteiger partial charge in [0.05, 0.1) is 20.5 Å². The zero-order valence-electron chi connectivity index (χ0n) is 17.1. The first-order valence-electron chi connectivity index (χ1n) is 8.81. The highest BCUT2D eigenvalue weighted by Gasteiger charge is 2.50. The Balaban J connectivity index is 2.69. The molecule has 8 nitrogen and oxygen atoms in total. The number of amides is 1. The zero-order chi connectivity index (χ0) is 20.9. The molecular weight excluding hydrogens is 362 g/mol. The maximum atomic E-state index is 13.2. The molecule has 1 amide bonds. The van der Waals surface area contributed by atoms with E-state index in [1.54, 1.807) is 51.2 Å². The number of carbonyl (C=O) groups excluding carboxylic acids is 2. The predicted molar refractivity (Wildman–Crippen MR) is 103 cm³/mol. The lowest BCUT2D eigenvalue weighted by Crippen LogP contribution is -2.56. The molecule has 0 unspecified atom stereocenters. The largest absolute Gasteiger partial charge is 0.496 e. The van der Waals surface area contributed by atoms with E-state index in [2.05, 4.69) is 9.97 Å². The molecule has 2 aromatic rings. The summed E-state index contributed by atoms with van der Waals surface area (Å²) in [4.78, 5) is 34.4. The fraction of sp³-hybridized carbons (Fsp3) is 0.450. The van der Waals surface area contributed by atoms with Crippen molar-refractivity contribution in [2.24, 2.45) is 0 Å². The highest BCUT2D eigenvalue weighted by molar-refractivity contribution is 5.88. The van der Waals surface area contributed by atoms with E-state index in [-0.39, 0.29) is 6.42 Å². The second-order valence-electron chi connectivity index (χ2n) is 7.35. The summed E-state index contributed by atoms with van der Waals surface area (Å²) in [5.74, 6) is -0.178. The summed E-state index contributed by atoms with van der Waals surface area (Å²) >= 11 is 0. The molecule has 28 heavy (non-hydrogen) atoms. The van der Waals surface area contributed by atoms with Crippen LogP contribution in [0.4, 0.5) is 4.79 Å². The molecule has 0 aliphatic heterocycles. The molecule has 0 bridgehead atoms. The van der Waals surface area contributed by atoms with Gasteiger partial charge in [0, 0.05) is 30.9 Å². The molecule has 2 rings (SSSR count). The number of methoxy groups -OCH3 is 2. The van der Waals surface area contributed by atoms with Crippen molar-refractivity contribution in [1.82, 2.24) is 14.9 Å². The van der Waals surface area contributed by atoms with Crippen LogP contribution in [0.3, 0.4) is 0 Å². The standard InChI is InChI=1S/C20H27N3O5/c1-19(2,3)28-18(25)23(4)20(17(24)27-6,11-14-12-21-13-22-14)15-9-7-8-10-16(15)26-5/h7-10,12-13H,11H2,1-6H3,(H,21,22)/t20-/m1/s1. The average Bonchev–Trinajstić information content (AvgIpc) is 3.16. The summed E-state index contributed by atoms with van der Waals surface area (Å²) in [7, 11) is 4.29. The highest BCUT2D eigenvalue weighted by Crippen LogP contribution is 2.39. The Kier molecular flexibility index (Phi) is 6.33. The van der Waals surface area contributed by atoms with Crippen LogP contribution < -0.4 is 4.74 Å². The Morgan fingerprint density at radius 1 is 1.18 bits per heavy atom. The topological polar surface area (TPSA) is 93.7 Å². The van der Waals surface area contributed by atoms with Crippen molar-refractivity contribution < 1.29 is 23.8 Å². The van der Waals surface area contributed by atoms with Crippen LogP contribution >= 0.6 is 0 Å². The summed E-state index contributed by atoms with van der Waals surface area (Å²) in [6.45, 7) is 5.28. The third-order valence-electron chi connectivity index (χ3n) is 4.32. The second-order valence-corrected chi connectivity index (χ2v) is 7.35. The Bertz CT molecular complexity index is 813. The number of benzene rings is 1. The van der Waals surface area contributed by atoms with E-state index in [9.17, 15) is 9.59 Å². The molecule has 1 aromatic heterocycles. The third kappa shape index (κ3) is 4.27. The molecule has 0 saturated carbocycles. The molecule has 0 fully saturated rings. The third-order valence-corrected chi connectivity index (χ3v) is 4.32. The molecule has 0 radical (unpaired) electrons. The van der Waals surface area contributed by atoms with Crippen LogP contribution in [0.5, 0.6) is 5.75 Å². The fourth-order valence-electron chi connectivity index (χ4n) is 3.01. The summed E-state index contributed by atoms with van der Waals surface area (Å²) in [5, 5.41) is 0. The van der Waals surface area contributed by atoms with Crippen molar-refractivity contribution in [3.63, 3.8) is 0 Å². The van der Waals surface area contributed by atoms with Crippen molar-refractivity contribution in [3.8, 4) is 5.75 Å². The number of esters is 1. The number of aromatic nitrogens is 2. The molecule has 8 heteroatoms. The molecule has 0 aliphatic rings. The van der Waals surface area contributed by atoms with Crippen LogP contribution in [-0.2, 0) is 26.2 Å². The van der Waals surface area contributed by atoms with E-state index in [1.807, 2.05) is 0 Å². The molecule has 1 aromatic carbocycles. The van der Waals surface area contributed by atoms with E-state index in [4.69, 9.17) is 14.2 Å². The summed E-state index contributed by atoms with van der Waals surface area (Å²) in [5.41, 5.74) is -1.14. The second kappa shape index (κ2) is 8.33. The SMILES string of the molecule is COC(=O)[C@@](Cc1cnc[nH]1)(c1ccccc1OC)N(C)C(=O)OC(C)(C)C. The smallest absolute Gasteiger partial charge is 0.411 e. The van der Waals surface area contributed by atoms with Crippen LogP contribution in [0.1, 0.15) is 32.0 Å². The summed E-state index contributed by atoms with van der Waals surface area (Å²) < 4.78 is 16.2. The first-order chi connectivity index (χ1) is 13.2. The van der Waals surface area contributed by atoms with E-state index in [0.29, 0.717) is 17.0 Å². The number of hydrogen-bond acceptors (Lipinski definition) is 6. The molecular formula is C20H27N3O5. The van der Waals surface area contributed by atoms with Gasteiger partial charge < -0.3 is 19.2 Å². The van der Waals surface area contributed by atoms with Gasteiger partial charge in [-0.1, -0.05) is 18.2 Å². The Morgan fingerprint density at radius 2 is 1.86 bits per heavy atom. The van der Waals surface area contributed by atoms with Crippen LogP contribution in [0, 0.1) is 0 Å². The van der Waals surface area contributed by atoms with Gasteiger partial charge in [-0.15, -0.1) is 0 Å². The maximum Gasteiger partial charge on any atom is 0.411 e. The average molecular weight is 389 g/mol. The van der Waals surface area contributed by atoms with Crippen LogP contribution in [0.15, 0.2) is 36.8 Å². The van der Waals surface area contributed by atoms with E-state index in [1.165, 1.54) is 32.5 Å². The minimum absolute atomic E-state index is 0.0930. The lowest BCUT2D eigenvalue weighted by Gasteiger charge is -2.40. The number of imidazole rings is 1. The first kappa shape index (κ1) is 21.3. The molecule has 1 heterocycles. The van der Waals surface area contributed by atoms with Gasteiger partial charge in [0.25, 0.3) is 0 Å². The Morgan fingerprint density at radius 3 is 2.39 bits per heavy atom. The van der Waals surface area contributed by atoms with Gasteiger partial charge in [-0.3, -0.25) is 4.90 Å². The normalized spacial score (nSPS) is 13.4. The maximum absolute atomic E-state index is 13.2. The number of carbonyl (C=O) groups is 2. The van der Waals surface area contributed by atoms with E-state index in [0.717, 1.165) is 0 Å². The zero-order valence-corrected chi connectivity index (χ0v) is 17.1. The van der Waals surface area contributed by atoms with Gasteiger partial charge in [0.1, 0.15) is 11.4 Å². The molecule has 1 N–H and O–H groups in total. The van der Waals surface area contributed by atoms with Gasteiger partial charge >= 0.3 is 12.1 Å². The highest BCUT2D eigenvalue weighted by atomic mass is 16.6. The van der Waals surface area contributed by atoms with Gasteiger partial charge in [-0.05, 0) is 26.8 Å². The minimum Gasteiger partial charge on any atom is -0.496 e. The number of hydrogen-bond donors (Lipinski definition) is 1. The van der Waals surface area contributed by atoms with Crippen LogP contribution in [-0.4, -0.2) is 53.8 Å². The van der Waals surface area contributed by atoms with Gasteiger partial charge in [-0.25, -0.2) is 14.6 Å². The van der Waals surface area contributed by atoms with E-state index < -0.39 is 23.2 Å². The monoisotopic (exact) mass is 389 g/mol. The van der Waals surface area contributed by atoms with Crippen molar-refractivity contribution in [1.29, 1.82) is 0 Å². The Hall–Kier alpha value is -3.03. The number of rotatable bonds is 6. The molecule has 1 atom stereocenters. The van der Waals surface area contributed by atoms with Crippen LogP contribution in [0.2, 0.25) is 0 Å². The number of H-pyrrole nitrogens is 1. The van der Waals surface area contributed by atoms with Crippen molar-refractivity contribution in [2.75, 3.05) is 21.3 Å². The quantitative estimate of drug-likeness (QED) is 0.764. The fourth-order valence-corrected chi connectivity index (χ4v) is 3.01. The number of nitrogens with zero attached hydrogens (tertiary/aromatic N) is 2. The lowest BCUT2D eigenvalue weighted by molar-refractivity contribution is -0.155. The molecule has 0 aliphatic carbocycles. The first-order valence-corrected chi connectivity index (χ1v) is 8.81. The predicted octanol–water partition coefficient (Wildman–Crippen LogP) is 2.90. The summed E-state index contributed by atoms with van der Waals surface area (Å²) in [6, 6.07) is 7.01. The molecule has 0 saturated heterocycles. The number of para-hydroxylation sites is 1. The number of nitrogens with one attached hydrogen (secondary N) is 1. The lowest BCUT2D eigenvalue weighted by atomic mass is 9.83. The van der Waals surface area contributed by atoms with Crippen molar-refractivity contribution in [3.05, 3.63) is 48.0 Å². The number of likely N-dealkylation sites (N-methyl/N-ethyl adjacent to an activating group) is 1. The Labute approximate surface area is 164 Å². The van der Waals surface area contributed by atoms with Crippen LogP contribution in [0.25, 0.3) is 0 Å². The van der Waals surface area contributed by atoms with Crippen molar-refractivity contribution in [2.45, 2.75) is 38.3 Å². The van der Waals surface area contributed by atoms with Crippen molar-refractivity contribution >= 4 is 12.1 Å². The summed E-state index contributed by atoms with van der Waals surface area (Å²) in [6.07, 6.45) is 2.53. The number of aromatic amines is 1. The van der Waals surface area contributed by atoms with E-state index >= 15 is 0 Å².